The Balaban J connectivity index is 3.09. The first kappa shape index (κ1) is 18.7. The summed E-state index contributed by atoms with van der Waals surface area (Å²) in [5.41, 5.74) is 1.15. The first-order chi connectivity index (χ1) is 10.7. The lowest BCUT2D eigenvalue weighted by Gasteiger charge is -2.18. The maximum absolute atomic E-state index is 12.4. The Morgan fingerprint density at radius 3 is 2.05 bits per heavy atom. The van der Waals surface area contributed by atoms with E-state index in [0.717, 1.165) is 44.9 Å². The minimum atomic E-state index is -0.339. The minimum Gasteiger partial charge on any atom is -0.463 e. The van der Waals surface area contributed by atoms with E-state index in [1.165, 1.54) is 0 Å². The van der Waals surface area contributed by atoms with Crippen LogP contribution in [0.25, 0.3) is 0 Å². The van der Waals surface area contributed by atoms with Gasteiger partial charge < -0.3 is 9.47 Å². The predicted molar refractivity (Wildman–Crippen MR) is 86.4 cm³/mol. The Labute approximate surface area is 134 Å². The van der Waals surface area contributed by atoms with Crippen molar-refractivity contribution < 1.29 is 19.1 Å². The monoisotopic (exact) mass is 310 g/mol. The van der Waals surface area contributed by atoms with Crippen molar-refractivity contribution in [3.63, 3.8) is 0 Å². The van der Waals surface area contributed by atoms with Gasteiger partial charge in [0.1, 0.15) is 0 Å². The van der Waals surface area contributed by atoms with E-state index >= 15 is 0 Å². The van der Waals surface area contributed by atoms with Crippen molar-refractivity contribution in [3.05, 3.63) is 11.1 Å². The molecule has 1 rings (SSSR count). The molecular weight excluding hydrogens is 280 g/mol. The molecule has 0 aliphatic heterocycles. The van der Waals surface area contributed by atoms with Crippen LogP contribution in [-0.4, -0.2) is 25.2 Å². The van der Waals surface area contributed by atoms with E-state index in [4.69, 9.17) is 9.47 Å². The molecule has 0 aromatic carbocycles. The van der Waals surface area contributed by atoms with Crippen LogP contribution in [0.2, 0.25) is 0 Å². The summed E-state index contributed by atoms with van der Waals surface area (Å²) in [6, 6.07) is 0. The maximum Gasteiger partial charge on any atom is 0.334 e. The lowest BCUT2D eigenvalue weighted by Crippen LogP contribution is -2.21. The normalized spacial score (nSPS) is 16.3. The van der Waals surface area contributed by atoms with Crippen molar-refractivity contribution in [3.8, 4) is 0 Å². The molecule has 1 aliphatic carbocycles. The number of unbranched alkanes of at least 4 members (excludes halogenated alkanes) is 2. The van der Waals surface area contributed by atoms with E-state index in [1.807, 2.05) is 0 Å². The number of hydrogen-bond acceptors (Lipinski definition) is 4. The van der Waals surface area contributed by atoms with Gasteiger partial charge in [0.25, 0.3) is 0 Å². The first-order valence-corrected chi connectivity index (χ1v) is 8.72. The van der Waals surface area contributed by atoms with Crippen LogP contribution in [0.4, 0.5) is 0 Å². The highest BCUT2D eigenvalue weighted by Crippen LogP contribution is 2.35. The van der Waals surface area contributed by atoms with Crippen LogP contribution < -0.4 is 0 Å². The molecule has 0 amide bonds. The minimum absolute atomic E-state index is 0.153. The van der Waals surface area contributed by atoms with Gasteiger partial charge >= 0.3 is 11.9 Å². The summed E-state index contributed by atoms with van der Waals surface area (Å²) in [6.45, 7) is 6.38. The Morgan fingerprint density at radius 2 is 1.50 bits per heavy atom. The second-order valence-electron chi connectivity index (χ2n) is 5.77. The van der Waals surface area contributed by atoms with Crippen molar-refractivity contribution >= 4 is 11.9 Å². The van der Waals surface area contributed by atoms with Gasteiger partial charge in [0.15, 0.2) is 0 Å². The van der Waals surface area contributed by atoms with Gasteiger partial charge in [0, 0.05) is 5.57 Å². The van der Waals surface area contributed by atoms with Gasteiger partial charge in [-0.1, -0.05) is 32.6 Å². The number of carbonyl (C=O) groups is 2. The molecule has 0 heterocycles. The Kier molecular flexibility index (Phi) is 8.86. The average Bonchev–Trinajstić information content (AvgIpc) is 3.00. The quantitative estimate of drug-likeness (QED) is 0.364. The van der Waals surface area contributed by atoms with Crippen molar-refractivity contribution in [2.75, 3.05) is 13.2 Å². The zero-order valence-corrected chi connectivity index (χ0v) is 14.3. The van der Waals surface area contributed by atoms with Crippen LogP contribution in [0.3, 0.4) is 0 Å². The molecule has 0 aromatic heterocycles. The fourth-order valence-electron chi connectivity index (χ4n) is 3.08. The summed E-state index contributed by atoms with van der Waals surface area (Å²) in [6.07, 6.45) is 7.78. The molecule has 4 nitrogen and oxygen atoms in total. The summed E-state index contributed by atoms with van der Waals surface area (Å²) < 4.78 is 10.4. The molecule has 22 heavy (non-hydrogen) atoms. The summed E-state index contributed by atoms with van der Waals surface area (Å²) in [5.74, 6) is -0.511. The molecule has 0 saturated heterocycles. The molecule has 1 aliphatic rings. The van der Waals surface area contributed by atoms with Crippen LogP contribution in [0, 0.1) is 5.92 Å². The highest BCUT2D eigenvalue weighted by molar-refractivity contribution is 6.00. The molecule has 0 atom stereocenters. The number of ether oxygens (including phenoxy) is 2. The molecular formula is C18H30O4. The van der Waals surface area contributed by atoms with E-state index in [2.05, 4.69) is 6.92 Å². The zero-order chi connectivity index (χ0) is 16.4. The third-order valence-corrected chi connectivity index (χ3v) is 4.14. The third kappa shape index (κ3) is 5.47. The van der Waals surface area contributed by atoms with Gasteiger partial charge in [0.2, 0.25) is 0 Å². The largest absolute Gasteiger partial charge is 0.463 e. The smallest absolute Gasteiger partial charge is 0.334 e. The van der Waals surface area contributed by atoms with E-state index < -0.39 is 0 Å². The van der Waals surface area contributed by atoms with Crippen LogP contribution in [0.1, 0.15) is 72.1 Å². The van der Waals surface area contributed by atoms with Gasteiger partial charge in [-0.15, -0.1) is 0 Å². The second kappa shape index (κ2) is 10.4. The van der Waals surface area contributed by atoms with Crippen molar-refractivity contribution in [1.82, 2.24) is 0 Å². The molecule has 0 radical (unpaired) electrons. The fourth-order valence-corrected chi connectivity index (χ4v) is 3.08. The highest BCUT2D eigenvalue weighted by atomic mass is 16.5. The van der Waals surface area contributed by atoms with Gasteiger partial charge in [-0.3, -0.25) is 0 Å². The van der Waals surface area contributed by atoms with Crippen LogP contribution in [0.5, 0.6) is 0 Å². The van der Waals surface area contributed by atoms with Gasteiger partial charge in [-0.2, -0.15) is 0 Å². The SMILES string of the molecule is CCCCC/C(C(=O)OCC)=C(/C(=O)OCC)C1CCCC1. The summed E-state index contributed by atoms with van der Waals surface area (Å²) in [5, 5.41) is 0. The maximum atomic E-state index is 12.4. The Hall–Kier alpha value is -1.32. The van der Waals surface area contributed by atoms with Gasteiger partial charge in [0.05, 0.1) is 18.8 Å². The first-order valence-electron chi connectivity index (χ1n) is 8.72. The van der Waals surface area contributed by atoms with E-state index in [9.17, 15) is 9.59 Å². The number of rotatable bonds is 9. The van der Waals surface area contributed by atoms with E-state index in [0.29, 0.717) is 30.8 Å². The molecule has 0 aromatic rings. The molecule has 0 N–H and O–H groups in total. The standard InChI is InChI=1S/C18H30O4/c1-4-7-8-13-15(17(19)21-5-2)16(18(20)22-6-3)14-11-9-10-12-14/h14H,4-13H2,1-3H3/b16-15-. The molecule has 0 bridgehead atoms. The third-order valence-electron chi connectivity index (χ3n) is 4.14. The lowest BCUT2D eigenvalue weighted by molar-refractivity contribution is -0.142. The number of hydrogen-bond donors (Lipinski definition) is 0. The van der Waals surface area contributed by atoms with Crippen molar-refractivity contribution in [1.29, 1.82) is 0 Å². The molecule has 0 spiro atoms. The zero-order valence-electron chi connectivity index (χ0n) is 14.3. The Bertz CT molecular complexity index is 392. The van der Waals surface area contributed by atoms with E-state index in [1.54, 1.807) is 13.8 Å². The second-order valence-corrected chi connectivity index (χ2v) is 5.77. The fraction of sp³-hybridized carbons (Fsp3) is 0.778. The van der Waals surface area contributed by atoms with E-state index in [-0.39, 0.29) is 17.9 Å². The molecule has 4 heteroatoms. The van der Waals surface area contributed by atoms with Crippen LogP contribution >= 0.6 is 0 Å². The van der Waals surface area contributed by atoms with Crippen molar-refractivity contribution in [2.45, 2.75) is 72.1 Å². The van der Waals surface area contributed by atoms with Crippen LogP contribution in [-0.2, 0) is 19.1 Å². The molecule has 1 saturated carbocycles. The van der Waals surface area contributed by atoms with Gasteiger partial charge in [-0.05, 0) is 45.4 Å². The summed E-state index contributed by atoms with van der Waals surface area (Å²) in [7, 11) is 0. The average molecular weight is 310 g/mol. The van der Waals surface area contributed by atoms with Crippen LogP contribution in [0.15, 0.2) is 11.1 Å². The lowest BCUT2D eigenvalue weighted by atomic mass is 9.90. The summed E-state index contributed by atoms with van der Waals surface area (Å²) in [4.78, 5) is 24.8. The summed E-state index contributed by atoms with van der Waals surface area (Å²) >= 11 is 0. The Morgan fingerprint density at radius 1 is 0.909 bits per heavy atom. The van der Waals surface area contributed by atoms with Crippen molar-refractivity contribution in [2.24, 2.45) is 5.92 Å². The molecule has 0 unspecified atom stereocenters. The predicted octanol–water partition coefficient (Wildman–Crippen LogP) is 4.18. The molecule has 126 valence electrons. The number of carbonyl (C=O) groups excluding carboxylic acids is 2. The number of esters is 2. The van der Waals surface area contributed by atoms with Gasteiger partial charge in [-0.25, -0.2) is 9.59 Å². The highest BCUT2D eigenvalue weighted by Gasteiger charge is 2.31. The topological polar surface area (TPSA) is 52.6 Å². The molecule has 1 fully saturated rings.